The summed E-state index contributed by atoms with van der Waals surface area (Å²) in [4.78, 5) is 9.27. The highest BCUT2D eigenvalue weighted by atomic mass is 127. The van der Waals surface area contributed by atoms with Crippen molar-refractivity contribution in [1.82, 2.24) is 10.2 Å². The number of anilines is 1. The maximum Gasteiger partial charge on any atom is 0.194 e. The van der Waals surface area contributed by atoms with E-state index in [9.17, 15) is 8.42 Å². The predicted octanol–water partition coefficient (Wildman–Crippen LogP) is 1.51. The lowest BCUT2D eigenvalue weighted by molar-refractivity contribution is 0.157. The number of hydrogen-bond acceptors (Lipinski definition) is 6. The van der Waals surface area contributed by atoms with Gasteiger partial charge in [0.25, 0.3) is 0 Å². The summed E-state index contributed by atoms with van der Waals surface area (Å²) in [5, 5.41) is 6.75. The van der Waals surface area contributed by atoms with Crippen molar-refractivity contribution in [3.63, 3.8) is 0 Å². The van der Waals surface area contributed by atoms with Gasteiger partial charge in [-0.25, -0.2) is 8.42 Å². The fourth-order valence-corrected chi connectivity index (χ4v) is 3.75. The quantitative estimate of drug-likeness (QED) is 0.245. The Kier molecular flexibility index (Phi) is 10.8. The number of nitrogens with zero attached hydrogens (tertiary/aromatic N) is 3. The van der Waals surface area contributed by atoms with E-state index in [1.807, 2.05) is 0 Å². The van der Waals surface area contributed by atoms with Crippen LogP contribution in [0, 0.1) is 0 Å². The molecule has 1 N–H and O–H groups in total. The molecule has 2 heterocycles. The van der Waals surface area contributed by atoms with Crippen molar-refractivity contribution >= 4 is 56.1 Å². The Morgan fingerprint density at radius 3 is 2.62 bits per heavy atom. The molecule has 1 saturated heterocycles. The molecular formula is C16H29IN4O3S2. The van der Waals surface area contributed by atoms with Crippen molar-refractivity contribution in [1.29, 1.82) is 0 Å². The van der Waals surface area contributed by atoms with Crippen LogP contribution < -0.4 is 10.2 Å². The van der Waals surface area contributed by atoms with Gasteiger partial charge in [0.2, 0.25) is 0 Å². The largest absolute Gasteiger partial charge is 0.378 e. The van der Waals surface area contributed by atoms with Crippen LogP contribution >= 0.6 is 35.3 Å². The van der Waals surface area contributed by atoms with Gasteiger partial charge in [0, 0.05) is 39.0 Å². The van der Waals surface area contributed by atoms with Gasteiger partial charge in [0.1, 0.15) is 9.84 Å². The highest BCUT2D eigenvalue weighted by Crippen LogP contribution is 2.22. The van der Waals surface area contributed by atoms with Crippen LogP contribution in [0.3, 0.4) is 0 Å². The average molecular weight is 516 g/mol. The van der Waals surface area contributed by atoms with Gasteiger partial charge in [-0.15, -0.1) is 35.3 Å². The van der Waals surface area contributed by atoms with Gasteiger partial charge in [-0.3, -0.25) is 4.99 Å². The standard InChI is InChI=1S/C16H28N4O3S2.HI/c1-3-17-16(18-6-11-23-12-14-25(2,21)22)20-9-7-19(8-10-20)15-5-4-13-24-15;/h4-5,13H,3,6-12,14H2,1-2H3,(H,17,18);1H. The minimum atomic E-state index is -2.96. The third-order valence-corrected chi connectivity index (χ3v) is 5.66. The first-order valence-corrected chi connectivity index (χ1v) is 11.5. The smallest absolute Gasteiger partial charge is 0.194 e. The summed E-state index contributed by atoms with van der Waals surface area (Å²) < 4.78 is 27.4. The summed E-state index contributed by atoms with van der Waals surface area (Å²) >= 11 is 1.77. The number of aliphatic imine (C=N–C) groups is 1. The Morgan fingerprint density at radius 2 is 2.04 bits per heavy atom. The second-order valence-electron chi connectivity index (χ2n) is 5.90. The van der Waals surface area contributed by atoms with E-state index in [0.717, 1.165) is 38.7 Å². The molecule has 0 bridgehead atoms. The van der Waals surface area contributed by atoms with E-state index in [1.54, 1.807) is 11.3 Å². The Labute approximate surface area is 177 Å². The first kappa shape index (κ1) is 23.4. The van der Waals surface area contributed by atoms with E-state index in [0.29, 0.717) is 13.2 Å². The van der Waals surface area contributed by atoms with Crippen molar-refractivity contribution in [2.24, 2.45) is 4.99 Å². The van der Waals surface area contributed by atoms with E-state index >= 15 is 0 Å². The van der Waals surface area contributed by atoms with Crippen LogP contribution in [-0.2, 0) is 14.6 Å². The first-order valence-electron chi connectivity index (χ1n) is 8.57. The monoisotopic (exact) mass is 516 g/mol. The molecule has 0 atom stereocenters. The molecule has 1 aliphatic rings. The SMILES string of the molecule is CCNC(=NCCOCCS(C)(=O)=O)N1CCN(c2cccs2)CC1.I. The van der Waals surface area contributed by atoms with Gasteiger partial charge in [-0.05, 0) is 24.4 Å². The van der Waals surface area contributed by atoms with Crippen LogP contribution in [-0.4, -0.2) is 83.8 Å². The Morgan fingerprint density at radius 1 is 1.31 bits per heavy atom. The van der Waals surface area contributed by atoms with E-state index in [4.69, 9.17) is 4.74 Å². The number of nitrogens with one attached hydrogen (secondary N) is 1. The van der Waals surface area contributed by atoms with Crippen molar-refractivity contribution in [3.05, 3.63) is 17.5 Å². The average Bonchev–Trinajstić information content (AvgIpc) is 3.11. The number of ether oxygens (including phenoxy) is 1. The van der Waals surface area contributed by atoms with Gasteiger partial charge in [-0.1, -0.05) is 0 Å². The molecule has 0 spiro atoms. The number of sulfone groups is 1. The number of guanidine groups is 1. The molecule has 26 heavy (non-hydrogen) atoms. The fourth-order valence-electron chi connectivity index (χ4n) is 2.54. The summed E-state index contributed by atoms with van der Waals surface area (Å²) in [5.74, 6) is 0.960. The molecule has 0 unspecified atom stereocenters. The molecule has 1 aromatic heterocycles. The molecule has 150 valence electrons. The molecule has 0 aliphatic carbocycles. The van der Waals surface area contributed by atoms with E-state index in [-0.39, 0.29) is 36.3 Å². The second-order valence-corrected chi connectivity index (χ2v) is 9.09. The molecule has 1 aromatic rings. The molecule has 2 rings (SSSR count). The third kappa shape index (κ3) is 8.40. The lowest BCUT2D eigenvalue weighted by Crippen LogP contribution is -2.52. The molecule has 7 nitrogen and oxygen atoms in total. The normalized spacial score (nSPS) is 15.7. The highest BCUT2D eigenvalue weighted by Gasteiger charge is 2.20. The van der Waals surface area contributed by atoms with Gasteiger partial charge in [0.05, 0.1) is 30.5 Å². The van der Waals surface area contributed by atoms with Crippen molar-refractivity contribution in [3.8, 4) is 0 Å². The van der Waals surface area contributed by atoms with Crippen LogP contribution in [0.25, 0.3) is 0 Å². The van der Waals surface area contributed by atoms with E-state index < -0.39 is 9.84 Å². The maximum absolute atomic E-state index is 11.0. The molecule has 10 heteroatoms. The Hall–Kier alpha value is -0.590. The molecule has 1 fully saturated rings. The minimum absolute atomic E-state index is 0. The number of piperazine rings is 1. The molecule has 0 aromatic carbocycles. The maximum atomic E-state index is 11.0. The molecular weight excluding hydrogens is 487 g/mol. The van der Waals surface area contributed by atoms with Gasteiger partial charge in [-0.2, -0.15) is 0 Å². The second kappa shape index (κ2) is 12.0. The van der Waals surface area contributed by atoms with Crippen molar-refractivity contribution < 1.29 is 13.2 Å². The van der Waals surface area contributed by atoms with E-state index in [2.05, 4.69) is 44.5 Å². The van der Waals surface area contributed by atoms with Crippen LogP contribution in [0.5, 0.6) is 0 Å². The zero-order valence-corrected chi connectivity index (χ0v) is 19.4. The van der Waals surface area contributed by atoms with Gasteiger partial charge >= 0.3 is 0 Å². The Bertz CT molecular complexity index is 630. The summed E-state index contributed by atoms with van der Waals surface area (Å²) in [6.07, 6.45) is 1.22. The molecule has 0 radical (unpaired) electrons. The third-order valence-electron chi connectivity index (χ3n) is 3.83. The highest BCUT2D eigenvalue weighted by molar-refractivity contribution is 14.0. The Balaban J connectivity index is 0.00000338. The lowest BCUT2D eigenvalue weighted by atomic mass is 10.3. The number of thiophene rings is 1. The first-order chi connectivity index (χ1) is 12.0. The molecule has 0 saturated carbocycles. The van der Waals surface area contributed by atoms with Crippen molar-refractivity contribution in [2.75, 3.05) is 69.4 Å². The molecule has 0 amide bonds. The number of hydrogen-bond donors (Lipinski definition) is 1. The summed E-state index contributed by atoms with van der Waals surface area (Å²) in [6.45, 7) is 7.88. The summed E-state index contributed by atoms with van der Waals surface area (Å²) in [7, 11) is -2.96. The fraction of sp³-hybridized carbons (Fsp3) is 0.688. The van der Waals surface area contributed by atoms with Crippen LogP contribution in [0.15, 0.2) is 22.5 Å². The molecule has 1 aliphatic heterocycles. The number of halogens is 1. The van der Waals surface area contributed by atoms with Gasteiger partial charge in [0.15, 0.2) is 5.96 Å². The van der Waals surface area contributed by atoms with E-state index in [1.165, 1.54) is 11.3 Å². The number of rotatable bonds is 8. The lowest BCUT2D eigenvalue weighted by Gasteiger charge is -2.37. The van der Waals surface area contributed by atoms with Gasteiger partial charge < -0.3 is 19.9 Å². The summed E-state index contributed by atoms with van der Waals surface area (Å²) in [5.41, 5.74) is 0. The topological polar surface area (TPSA) is 74.2 Å². The van der Waals surface area contributed by atoms with Crippen LogP contribution in [0.2, 0.25) is 0 Å². The zero-order chi connectivity index (χ0) is 18.1. The zero-order valence-electron chi connectivity index (χ0n) is 15.4. The van der Waals surface area contributed by atoms with Crippen LogP contribution in [0.4, 0.5) is 5.00 Å². The van der Waals surface area contributed by atoms with Crippen molar-refractivity contribution in [2.45, 2.75) is 6.92 Å². The minimum Gasteiger partial charge on any atom is -0.378 e. The predicted molar refractivity (Wildman–Crippen MR) is 120 cm³/mol. The van der Waals surface area contributed by atoms with Crippen LogP contribution in [0.1, 0.15) is 6.92 Å². The summed E-state index contributed by atoms with van der Waals surface area (Å²) in [6, 6.07) is 4.25.